The van der Waals surface area contributed by atoms with Crippen LogP contribution in [0.15, 0.2) is 39.2 Å². The molecular formula is C13H8IN3O3S. The summed E-state index contributed by atoms with van der Waals surface area (Å²) >= 11 is 3.64. The molecule has 0 atom stereocenters. The fraction of sp³-hybridized carbons (Fsp3) is 0. The highest BCUT2D eigenvalue weighted by atomic mass is 127. The zero-order valence-electron chi connectivity index (χ0n) is 10.4. The Morgan fingerprint density at radius 3 is 2.48 bits per heavy atom. The Balaban J connectivity index is 1.94. The molecule has 1 amide bonds. The highest BCUT2D eigenvalue weighted by molar-refractivity contribution is 14.1. The molecule has 106 valence electrons. The maximum Gasteiger partial charge on any atom is 0.314 e. The predicted octanol–water partition coefficient (Wildman–Crippen LogP) is 2.13. The van der Waals surface area contributed by atoms with Gasteiger partial charge in [0.1, 0.15) is 0 Å². The summed E-state index contributed by atoms with van der Waals surface area (Å²) in [5.41, 5.74) is 0.654. The van der Waals surface area contributed by atoms with E-state index in [0.29, 0.717) is 22.3 Å². The van der Waals surface area contributed by atoms with Crippen molar-refractivity contribution < 1.29 is 4.79 Å². The number of H-pyrrole nitrogens is 2. The second-order valence-corrected chi connectivity index (χ2v) is 7.07. The fourth-order valence-corrected chi connectivity index (χ4v) is 3.15. The summed E-state index contributed by atoms with van der Waals surface area (Å²) in [5, 5.41) is 4.52. The maximum atomic E-state index is 12.0. The molecule has 1 aromatic carbocycles. The van der Waals surface area contributed by atoms with Crippen molar-refractivity contribution in [2.24, 2.45) is 0 Å². The Morgan fingerprint density at radius 2 is 1.81 bits per heavy atom. The second kappa shape index (κ2) is 5.45. The first-order valence-electron chi connectivity index (χ1n) is 5.85. The number of thiophene rings is 1. The van der Waals surface area contributed by atoms with Crippen LogP contribution >= 0.6 is 33.9 Å². The fourth-order valence-electron chi connectivity index (χ4n) is 1.82. The molecule has 3 rings (SSSR count). The van der Waals surface area contributed by atoms with Gasteiger partial charge >= 0.3 is 11.1 Å². The van der Waals surface area contributed by atoms with Gasteiger partial charge in [-0.1, -0.05) is 0 Å². The minimum absolute atomic E-state index is 0.222. The number of carbonyl (C=O) groups is 1. The van der Waals surface area contributed by atoms with Crippen molar-refractivity contribution in [3.8, 4) is 0 Å². The number of amides is 1. The Hall–Kier alpha value is -1.94. The van der Waals surface area contributed by atoms with Crippen molar-refractivity contribution in [1.82, 2.24) is 9.97 Å². The van der Waals surface area contributed by atoms with Crippen LogP contribution in [0, 0.1) is 2.88 Å². The monoisotopic (exact) mass is 413 g/mol. The van der Waals surface area contributed by atoms with Gasteiger partial charge in [0.05, 0.1) is 19.5 Å². The van der Waals surface area contributed by atoms with Crippen LogP contribution in [0.4, 0.5) is 5.69 Å². The first-order valence-corrected chi connectivity index (χ1v) is 7.80. The molecule has 3 aromatic rings. The van der Waals surface area contributed by atoms with E-state index in [9.17, 15) is 14.4 Å². The summed E-state index contributed by atoms with van der Waals surface area (Å²) in [7, 11) is 0. The first-order chi connectivity index (χ1) is 10.0. The van der Waals surface area contributed by atoms with Crippen molar-refractivity contribution in [3.63, 3.8) is 0 Å². The third kappa shape index (κ3) is 2.90. The number of carbonyl (C=O) groups excluding carboxylic acids is 1. The lowest BCUT2D eigenvalue weighted by atomic mass is 10.2. The van der Waals surface area contributed by atoms with Crippen LogP contribution in [0.3, 0.4) is 0 Å². The Bertz CT molecular complexity index is 957. The van der Waals surface area contributed by atoms with Gasteiger partial charge in [-0.3, -0.25) is 14.4 Å². The van der Waals surface area contributed by atoms with Crippen molar-refractivity contribution in [2.75, 3.05) is 5.32 Å². The average Bonchev–Trinajstić information content (AvgIpc) is 2.87. The second-order valence-electron chi connectivity index (χ2n) is 4.26. The highest BCUT2D eigenvalue weighted by Crippen LogP contribution is 2.19. The van der Waals surface area contributed by atoms with E-state index >= 15 is 0 Å². The van der Waals surface area contributed by atoms with E-state index in [1.807, 2.05) is 0 Å². The molecule has 21 heavy (non-hydrogen) atoms. The lowest BCUT2D eigenvalue weighted by Crippen LogP contribution is -2.28. The molecule has 3 N–H and O–H groups in total. The zero-order valence-corrected chi connectivity index (χ0v) is 13.4. The van der Waals surface area contributed by atoms with Gasteiger partial charge in [-0.15, -0.1) is 11.3 Å². The summed E-state index contributed by atoms with van der Waals surface area (Å²) in [6, 6.07) is 6.67. The van der Waals surface area contributed by atoms with E-state index in [1.54, 1.807) is 29.6 Å². The summed E-state index contributed by atoms with van der Waals surface area (Å²) in [6.45, 7) is 0. The molecule has 0 aliphatic heterocycles. The quantitative estimate of drug-likeness (QED) is 0.444. The van der Waals surface area contributed by atoms with E-state index in [1.165, 1.54) is 11.3 Å². The molecule has 2 aromatic heterocycles. The third-order valence-electron chi connectivity index (χ3n) is 2.81. The molecule has 0 saturated heterocycles. The minimum Gasteiger partial charge on any atom is -0.322 e. The maximum absolute atomic E-state index is 12.0. The smallest absolute Gasteiger partial charge is 0.314 e. The number of hydrogen-bond acceptors (Lipinski definition) is 4. The van der Waals surface area contributed by atoms with E-state index < -0.39 is 11.1 Å². The van der Waals surface area contributed by atoms with Crippen LogP contribution in [0.1, 0.15) is 10.4 Å². The van der Waals surface area contributed by atoms with Gasteiger partial charge in [0.25, 0.3) is 5.91 Å². The molecule has 0 spiro atoms. The molecule has 0 fully saturated rings. The number of halogens is 1. The molecular weight excluding hydrogens is 405 g/mol. The average molecular weight is 413 g/mol. The number of anilines is 1. The Labute approximate surface area is 135 Å². The lowest BCUT2D eigenvalue weighted by Gasteiger charge is -2.05. The number of hydrogen-bond donors (Lipinski definition) is 3. The van der Waals surface area contributed by atoms with Gasteiger partial charge in [-0.05, 0) is 46.9 Å². The van der Waals surface area contributed by atoms with E-state index in [-0.39, 0.29) is 5.91 Å². The summed E-state index contributed by atoms with van der Waals surface area (Å²) in [4.78, 5) is 39.5. The summed E-state index contributed by atoms with van der Waals surface area (Å²) in [6.07, 6.45) is 0. The Morgan fingerprint density at radius 1 is 1.10 bits per heavy atom. The molecule has 0 bridgehead atoms. The van der Waals surface area contributed by atoms with Crippen LogP contribution in [0.5, 0.6) is 0 Å². The number of rotatable bonds is 2. The standard InChI is InChI=1S/C13H8IN3O3S/c14-10-3-6(5-21-10)11(18)15-7-1-2-8-9(4-7)17-13(20)12(19)16-8/h1-5H,(H,15,18)(H,16,19)(H,17,20). The molecule has 0 saturated carbocycles. The predicted molar refractivity (Wildman–Crippen MR) is 90.2 cm³/mol. The molecule has 0 aliphatic rings. The summed E-state index contributed by atoms with van der Waals surface area (Å²) in [5.74, 6) is -0.222. The van der Waals surface area contributed by atoms with Gasteiger partial charge in [0.15, 0.2) is 0 Å². The minimum atomic E-state index is -0.724. The van der Waals surface area contributed by atoms with Crippen LogP contribution in [0.25, 0.3) is 11.0 Å². The Kier molecular flexibility index (Phi) is 3.64. The van der Waals surface area contributed by atoms with E-state index in [0.717, 1.165) is 2.88 Å². The van der Waals surface area contributed by atoms with Crippen LogP contribution < -0.4 is 16.4 Å². The van der Waals surface area contributed by atoms with Gasteiger partial charge in [0, 0.05) is 11.1 Å². The number of fused-ring (bicyclic) bond motifs is 1. The van der Waals surface area contributed by atoms with Crippen molar-refractivity contribution in [3.05, 3.63) is 58.8 Å². The summed E-state index contributed by atoms with van der Waals surface area (Å²) < 4.78 is 1.03. The van der Waals surface area contributed by atoms with Crippen molar-refractivity contribution in [2.45, 2.75) is 0 Å². The normalized spacial score (nSPS) is 10.7. The largest absolute Gasteiger partial charge is 0.322 e. The first kappa shape index (κ1) is 14.0. The van der Waals surface area contributed by atoms with Crippen LogP contribution in [0.2, 0.25) is 0 Å². The van der Waals surface area contributed by atoms with Gasteiger partial charge < -0.3 is 15.3 Å². The molecule has 6 nitrogen and oxygen atoms in total. The lowest BCUT2D eigenvalue weighted by molar-refractivity contribution is 0.102. The number of aromatic nitrogens is 2. The third-order valence-corrected chi connectivity index (χ3v) is 4.60. The number of aromatic amines is 2. The number of benzene rings is 1. The molecule has 2 heterocycles. The highest BCUT2D eigenvalue weighted by Gasteiger charge is 2.09. The SMILES string of the molecule is O=C(Nc1ccc2[nH]c(=O)c(=O)[nH]c2c1)c1csc(I)c1. The van der Waals surface area contributed by atoms with E-state index in [4.69, 9.17) is 0 Å². The zero-order chi connectivity index (χ0) is 15.0. The molecule has 8 heteroatoms. The van der Waals surface area contributed by atoms with E-state index in [2.05, 4.69) is 37.9 Å². The van der Waals surface area contributed by atoms with Gasteiger partial charge in [-0.2, -0.15) is 0 Å². The van der Waals surface area contributed by atoms with Crippen LogP contribution in [-0.4, -0.2) is 15.9 Å². The molecule has 0 unspecified atom stereocenters. The molecule has 0 aliphatic carbocycles. The van der Waals surface area contributed by atoms with Crippen molar-refractivity contribution >= 4 is 56.6 Å². The molecule has 0 radical (unpaired) electrons. The topological polar surface area (TPSA) is 94.8 Å². The van der Waals surface area contributed by atoms with Gasteiger partial charge in [-0.25, -0.2) is 0 Å². The van der Waals surface area contributed by atoms with Crippen LogP contribution in [-0.2, 0) is 0 Å². The number of nitrogens with one attached hydrogen (secondary N) is 3. The van der Waals surface area contributed by atoms with Gasteiger partial charge in [0.2, 0.25) is 0 Å². The van der Waals surface area contributed by atoms with Crippen molar-refractivity contribution in [1.29, 1.82) is 0 Å².